The molecule has 1 atom stereocenters. The molecular weight excluding hydrogens is 278 g/mol. The molecule has 0 aromatic carbocycles. The number of hydrogen-bond acceptors (Lipinski definition) is 6. The lowest BCUT2D eigenvalue weighted by Crippen LogP contribution is -2.27. The van der Waals surface area contributed by atoms with Gasteiger partial charge in [0.2, 0.25) is 0 Å². The molecule has 3 heterocycles. The average molecular weight is 291 g/mol. The third-order valence-corrected chi connectivity index (χ3v) is 3.95. The molecule has 20 heavy (non-hydrogen) atoms. The molecule has 2 aromatic heterocycles. The molecule has 1 aliphatic heterocycles. The Morgan fingerprint density at radius 2 is 2.30 bits per heavy atom. The monoisotopic (exact) mass is 291 g/mol. The summed E-state index contributed by atoms with van der Waals surface area (Å²) in [6.07, 6.45) is 3.46. The van der Waals surface area contributed by atoms with Crippen LogP contribution in [0.1, 0.15) is 11.3 Å². The van der Waals surface area contributed by atoms with Crippen LogP contribution in [0.3, 0.4) is 0 Å². The standard InChI is InChI=1S/C13H13N3O3S/c17-7-9-6-16-13(20-9)10-2-1-8(5-15-10)19-11-3-4-14-12(11)18/h1-2,5-6,11,17H,3-4,7H2,(H,14,18). The Balaban J connectivity index is 1.72. The first-order valence-corrected chi connectivity index (χ1v) is 7.04. The van der Waals surface area contributed by atoms with Gasteiger partial charge < -0.3 is 15.2 Å². The molecule has 0 spiro atoms. The Morgan fingerprint density at radius 1 is 1.40 bits per heavy atom. The minimum Gasteiger partial charge on any atom is -0.479 e. The highest BCUT2D eigenvalue weighted by molar-refractivity contribution is 7.14. The van der Waals surface area contributed by atoms with E-state index >= 15 is 0 Å². The number of aliphatic hydroxyl groups excluding tert-OH is 1. The maximum Gasteiger partial charge on any atom is 0.261 e. The molecule has 7 heteroatoms. The SMILES string of the molecule is O=C1NCCC1Oc1ccc(-c2ncc(CO)s2)nc1. The minimum absolute atomic E-state index is 0.0182. The van der Waals surface area contributed by atoms with Gasteiger partial charge in [-0.3, -0.25) is 4.79 Å². The number of nitrogens with one attached hydrogen (secondary N) is 1. The van der Waals surface area contributed by atoms with E-state index in [1.54, 1.807) is 24.5 Å². The van der Waals surface area contributed by atoms with Gasteiger partial charge in [-0.05, 0) is 12.1 Å². The molecule has 1 unspecified atom stereocenters. The molecule has 1 aliphatic rings. The number of aliphatic hydroxyl groups is 1. The summed E-state index contributed by atoms with van der Waals surface area (Å²) in [6, 6.07) is 3.57. The molecule has 1 saturated heterocycles. The first-order chi connectivity index (χ1) is 9.76. The van der Waals surface area contributed by atoms with E-state index in [1.807, 2.05) is 0 Å². The summed E-state index contributed by atoms with van der Waals surface area (Å²) in [5.74, 6) is 0.483. The van der Waals surface area contributed by atoms with Crippen molar-refractivity contribution >= 4 is 17.2 Å². The fraction of sp³-hybridized carbons (Fsp3) is 0.308. The molecule has 3 rings (SSSR count). The van der Waals surface area contributed by atoms with Gasteiger partial charge in [-0.2, -0.15) is 0 Å². The Hall–Kier alpha value is -1.99. The molecule has 1 fully saturated rings. The lowest BCUT2D eigenvalue weighted by molar-refractivity contribution is -0.124. The zero-order valence-electron chi connectivity index (χ0n) is 10.6. The second-order valence-electron chi connectivity index (χ2n) is 4.36. The molecule has 2 aromatic rings. The third kappa shape index (κ3) is 2.63. The summed E-state index contributed by atoms with van der Waals surface area (Å²) in [5, 5.41) is 12.5. The predicted molar refractivity (Wildman–Crippen MR) is 73.3 cm³/mol. The minimum atomic E-state index is -0.427. The van der Waals surface area contributed by atoms with Crippen LogP contribution < -0.4 is 10.1 Å². The van der Waals surface area contributed by atoms with Crippen molar-refractivity contribution in [3.63, 3.8) is 0 Å². The van der Waals surface area contributed by atoms with Crippen molar-refractivity contribution in [1.29, 1.82) is 0 Å². The van der Waals surface area contributed by atoms with Gasteiger partial charge in [0.15, 0.2) is 6.10 Å². The molecule has 2 N–H and O–H groups in total. The van der Waals surface area contributed by atoms with E-state index in [-0.39, 0.29) is 12.5 Å². The van der Waals surface area contributed by atoms with Crippen LogP contribution in [0, 0.1) is 0 Å². The zero-order chi connectivity index (χ0) is 13.9. The van der Waals surface area contributed by atoms with Gasteiger partial charge in [0.1, 0.15) is 10.8 Å². The normalized spacial score (nSPS) is 18.1. The van der Waals surface area contributed by atoms with Gasteiger partial charge in [-0.25, -0.2) is 9.97 Å². The molecule has 0 radical (unpaired) electrons. The van der Waals surface area contributed by atoms with Crippen molar-refractivity contribution in [2.45, 2.75) is 19.1 Å². The summed E-state index contributed by atoms with van der Waals surface area (Å²) in [7, 11) is 0. The number of rotatable bonds is 4. The first-order valence-electron chi connectivity index (χ1n) is 6.22. The topological polar surface area (TPSA) is 84.3 Å². The van der Waals surface area contributed by atoms with Crippen LogP contribution >= 0.6 is 11.3 Å². The van der Waals surface area contributed by atoms with E-state index in [0.717, 1.165) is 15.6 Å². The van der Waals surface area contributed by atoms with Crippen LogP contribution in [0.25, 0.3) is 10.7 Å². The van der Waals surface area contributed by atoms with E-state index in [0.29, 0.717) is 18.7 Å². The van der Waals surface area contributed by atoms with Gasteiger partial charge in [0, 0.05) is 19.2 Å². The lowest BCUT2D eigenvalue weighted by Gasteiger charge is -2.10. The number of hydrogen-bond donors (Lipinski definition) is 2. The summed E-state index contributed by atoms with van der Waals surface area (Å²) < 4.78 is 5.57. The van der Waals surface area contributed by atoms with Crippen molar-refractivity contribution in [2.24, 2.45) is 0 Å². The zero-order valence-corrected chi connectivity index (χ0v) is 11.4. The second kappa shape index (κ2) is 5.56. The van der Waals surface area contributed by atoms with Crippen molar-refractivity contribution in [2.75, 3.05) is 6.54 Å². The predicted octanol–water partition coefficient (Wildman–Crippen LogP) is 0.965. The van der Waals surface area contributed by atoms with E-state index in [4.69, 9.17) is 9.84 Å². The number of amides is 1. The number of carbonyl (C=O) groups is 1. The smallest absolute Gasteiger partial charge is 0.261 e. The number of pyridine rings is 1. The quantitative estimate of drug-likeness (QED) is 0.876. The van der Waals surface area contributed by atoms with Crippen LogP contribution in [0.2, 0.25) is 0 Å². The molecular formula is C13H13N3O3S. The Labute approximate surface area is 119 Å². The van der Waals surface area contributed by atoms with Crippen LogP contribution in [0.5, 0.6) is 5.75 Å². The molecule has 104 valence electrons. The summed E-state index contributed by atoms with van der Waals surface area (Å²) in [4.78, 5) is 20.7. The average Bonchev–Trinajstić information content (AvgIpc) is 3.10. The Kier molecular flexibility index (Phi) is 3.62. The fourth-order valence-corrected chi connectivity index (χ4v) is 2.67. The lowest BCUT2D eigenvalue weighted by atomic mass is 10.3. The van der Waals surface area contributed by atoms with Gasteiger partial charge in [-0.15, -0.1) is 11.3 Å². The van der Waals surface area contributed by atoms with Crippen LogP contribution in [-0.4, -0.2) is 33.6 Å². The van der Waals surface area contributed by atoms with Gasteiger partial charge in [-0.1, -0.05) is 0 Å². The highest BCUT2D eigenvalue weighted by atomic mass is 32.1. The van der Waals surface area contributed by atoms with Crippen LogP contribution in [-0.2, 0) is 11.4 Å². The molecule has 1 amide bonds. The highest BCUT2D eigenvalue weighted by Crippen LogP contribution is 2.25. The van der Waals surface area contributed by atoms with Gasteiger partial charge >= 0.3 is 0 Å². The van der Waals surface area contributed by atoms with E-state index in [2.05, 4.69) is 15.3 Å². The molecule has 0 aliphatic carbocycles. The maximum absolute atomic E-state index is 11.4. The maximum atomic E-state index is 11.4. The summed E-state index contributed by atoms with van der Waals surface area (Å²) in [6.45, 7) is 0.633. The third-order valence-electron chi connectivity index (χ3n) is 2.94. The van der Waals surface area contributed by atoms with Crippen molar-refractivity contribution in [1.82, 2.24) is 15.3 Å². The largest absolute Gasteiger partial charge is 0.479 e. The van der Waals surface area contributed by atoms with Crippen molar-refractivity contribution < 1.29 is 14.6 Å². The Morgan fingerprint density at radius 3 is 2.90 bits per heavy atom. The highest BCUT2D eigenvalue weighted by Gasteiger charge is 2.25. The van der Waals surface area contributed by atoms with E-state index < -0.39 is 6.10 Å². The molecule has 0 saturated carbocycles. The van der Waals surface area contributed by atoms with E-state index in [1.165, 1.54) is 11.3 Å². The first kappa shape index (κ1) is 13.0. The van der Waals surface area contributed by atoms with Crippen LogP contribution in [0.15, 0.2) is 24.5 Å². The number of thiazole rings is 1. The van der Waals surface area contributed by atoms with Crippen LogP contribution in [0.4, 0.5) is 0 Å². The van der Waals surface area contributed by atoms with Crippen molar-refractivity contribution in [3.8, 4) is 16.5 Å². The summed E-state index contributed by atoms with van der Waals surface area (Å²) in [5.41, 5.74) is 0.720. The fourth-order valence-electron chi connectivity index (χ4n) is 1.92. The molecule has 0 bridgehead atoms. The second-order valence-corrected chi connectivity index (χ2v) is 5.47. The van der Waals surface area contributed by atoms with Gasteiger partial charge in [0.05, 0.1) is 23.4 Å². The summed E-state index contributed by atoms with van der Waals surface area (Å²) >= 11 is 1.40. The van der Waals surface area contributed by atoms with E-state index in [9.17, 15) is 4.79 Å². The van der Waals surface area contributed by atoms with Gasteiger partial charge in [0.25, 0.3) is 5.91 Å². The number of carbonyl (C=O) groups excluding carboxylic acids is 1. The number of ether oxygens (including phenoxy) is 1. The van der Waals surface area contributed by atoms with Crippen molar-refractivity contribution in [3.05, 3.63) is 29.4 Å². The number of aromatic nitrogens is 2. The molecule has 6 nitrogen and oxygen atoms in total. The number of nitrogens with zero attached hydrogens (tertiary/aromatic N) is 2. The Bertz CT molecular complexity index is 612.